The molecule has 2 aromatic heterocycles. The predicted molar refractivity (Wildman–Crippen MR) is 140 cm³/mol. The van der Waals surface area contributed by atoms with Crippen molar-refractivity contribution in [2.45, 2.75) is 38.1 Å². The lowest BCUT2D eigenvalue weighted by atomic mass is 10.1. The lowest BCUT2D eigenvalue weighted by Gasteiger charge is -2.28. The smallest absolute Gasteiger partial charge is 0.229 e. The van der Waals surface area contributed by atoms with E-state index in [1.54, 1.807) is 10.9 Å². The van der Waals surface area contributed by atoms with Crippen molar-refractivity contribution in [1.29, 1.82) is 0 Å². The summed E-state index contributed by atoms with van der Waals surface area (Å²) in [6.45, 7) is 3.31. The van der Waals surface area contributed by atoms with Gasteiger partial charge in [0.05, 0.1) is 11.4 Å². The summed E-state index contributed by atoms with van der Waals surface area (Å²) in [7, 11) is 0. The van der Waals surface area contributed by atoms with Crippen molar-refractivity contribution in [2.75, 3.05) is 41.8 Å². The van der Waals surface area contributed by atoms with Gasteiger partial charge in [-0.3, -0.25) is 0 Å². The van der Waals surface area contributed by atoms with Crippen molar-refractivity contribution >= 4 is 39.9 Å². The van der Waals surface area contributed by atoms with E-state index in [2.05, 4.69) is 37.7 Å². The van der Waals surface area contributed by atoms with E-state index in [4.69, 9.17) is 9.72 Å². The summed E-state index contributed by atoms with van der Waals surface area (Å²) in [6, 6.07) is 9.42. The molecule has 0 amide bonds. The van der Waals surface area contributed by atoms with E-state index >= 15 is 0 Å². The van der Waals surface area contributed by atoms with Crippen molar-refractivity contribution in [3.05, 3.63) is 60.0 Å². The quantitative estimate of drug-likeness (QED) is 0.317. The minimum Gasteiger partial charge on any atom is -0.381 e. The number of halogens is 3. The fourth-order valence-corrected chi connectivity index (χ4v) is 5.08. The topological polar surface area (TPSA) is 80.1 Å². The molecule has 38 heavy (non-hydrogen) atoms. The number of hydrogen-bond donors (Lipinski definition) is 2. The Hall–Kier alpha value is -3.86. The number of nitrogens with one attached hydrogen (secondary N) is 2. The van der Waals surface area contributed by atoms with Crippen LogP contribution in [0.4, 0.5) is 42.0 Å². The van der Waals surface area contributed by atoms with Gasteiger partial charge in [-0.15, -0.1) is 0 Å². The zero-order valence-electron chi connectivity index (χ0n) is 20.8. The molecule has 0 radical (unpaired) electrons. The Bertz CT molecular complexity index is 1410. The fourth-order valence-electron chi connectivity index (χ4n) is 5.08. The van der Waals surface area contributed by atoms with Gasteiger partial charge in [0.1, 0.15) is 11.5 Å². The minimum atomic E-state index is -1.05. The number of piperidine rings is 1. The monoisotopic (exact) mass is 523 g/mol. The molecule has 11 heteroatoms. The van der Waals surface area contributed by atoms with E-state index < -0.39 is 23.1 Å². The van der Waals surface area contributed by atoms with E-state index in [1.807, 2.05) is 12.1 Å². The molecule has 2 saturated heterocycles. The zero-order chi connectivity index (χ0) is 26.1. The van der Waals surface area contributed by atoms with E-state index in [-0.39, 0.29) is 11.9 Å². The SMILES string of the molecule is Fc1cc(F)c(Nc2nn(C3CCOCC3)c3nc(Nc4ccc(N5CCCCC5)cc4)ncc23)c(F)c1. The first kappa shape index (κ1) is 24.5. The molecule has 2 N–H and O–H groups in total. The Kier molecular flexibility index (Phi) is 6.75. The van der Waals surface area contributed by atoms with Gasteiger partial charge in [0.25, 0.3) is 0 Å². The minimum absolute atomic E-state index is 0.00344. The predicted octanol–water partition coefficient (Wildman–Crippen LogP) is 6.07. The molecule has 4 aromatic rings. The maximum Gasteiger partial charge on any atom is 0.229 e. The molecule has 2 fully saturated rings. The van der Waals surface area contributed by atoms with Gasteiger partial charge in [0.15, 0.2) is 23.1 Å². The van der Waals surface area contributed by atoms with E-state index in [0.717, 1.165) is 31.6 Å². The van der Waals surface area contributed by atoms with Crippen LogP contribution >= 0.6 is 0 Å². The number of rotatable bonds is 6. The van der Waals surface area contributed by atoms with E-state index in [9.17, 15) is 13.2 Å². The maximum atomic E-state index is 14.4. The molecule has 0 atom stereocenters. The van der Waals surface area contributed by atoms with Crippen LogP contribution in [0.25, 0.3) is 11.0 Å². The number of anilines is 5. The molecule has 0 bridgehead atoms. The van der Waals surface area contributed by atoms with Gasteiger partial charge < -0.3 is 20.3 Å². The number of aromatic nitrogens is 4. The number of fused-ring (bicyclic) bond motifs is 1. The van der Waals surface area contributed by atoms with Crippen LogP contribution in [0.5, 0.6) is 0 Å². The molecule has 2 aliphatic rings. The van der Waals surface area contributed by atoms with Crippen molar-refractivity contribution in [1.82, 2.24) is 19.7 Å². The average molecular weight is 524 g/mol. The fraction of sp³-hybridized carbons (Fsp3) is 0.370. The molecule has 8 nitrogen and oxygen atoms in total. The van der Waals surface area contributed by atoms with Crippen molar-refractivity contribution < 1.29 is 17.9 Å². The lowest BCUT2D eigenvalue weighted by Crippen LogP contribution is -2.29. The first-order chi connectivity index (χ1) is 18.5. The van der Waals surface area contributed by atoms with Gasteiger partial charge in [0.2, 0.25) is 5.95 Å². The highest BCUT2D eigenvalue weighted by Gasteiger charge is 2.24. The van der Waals surface area contributed by atoms with Crippen molar-refractivity contribution in [3.63, 3.8) is 0 Å². The maximum absolute atomic E-state index is 14.4. The molecule has 2 aromatic carbocycles. The summed E-state index contributed by atoms with van der Waals surface area (Å²) < 4.78 is 49.4. The molecule has 0 spiro atoms. The Morgan fingerprint density at radius 1 is 0.895 bits per heavy atom. The molecule has 0 aliphatic carbocycles. The first-order valence-corrected chi connectivity index (χ1v) is 12.9. The van der Waals surface area contributed by atoms with Gasteiger partial charge in [-0.2, -0.15) is 10.1 Å². The van der Waals surface area contributed by atoms with Gasteiger partial charge in [-0.25, -0.2) is 22.8 Å². The van der Waals surface area contributed by atoms with Crippen molar-refractivity contribution in [3.8, 4) is 0 Å². The highest BCUT2D eigenvalue weighted by molar-refractivity contribution is 5.90. The summed E-state index contributed by atoms with van der Waals surface area (Å²) in [5.41, 5.74) is 2.07. The number of hydrogen-bond acceptors (Lipinski definition) is 7. The van der Waals surface area contributed by atoms with Gasteiger partial charge in [-0.1, -0.05) is 0 Å². The second kappa shape index (κ2) is 10.5. The Morgan fingerprint density at radius 2 is 1.61 bits per heavy atom. The largest absolute Gasteiger partial charge is 0.381 e. The second-order valence-electron chi connectivity index (χ2n) is 9.66. The lowest BCUT2D eigenvalue weighted by molar-refractivity contribution is 0.0674. The first-order valence-electron chi connectivity index (χ1n) is 12.9. The summed E-state index contributed by atoms with van der Waals surface area (Å²) in [5.74, 6) is -2.53. The van der Waals surface area contributed by atoms with Gasteiger partial charge in [0, 0.05) is 56.0 Å². The van der Waals surface area contributed by atoms with Crippen LogP contribution in [0, 0.1) is 17.5 Å². The normalized spacial score (nSPS) is 16.7. The third-order valence-electron chi connectivity index (χ3n) is 7.08. The average Bonchev–Trinajstić information content (AvgIpc) is 3.29. The molecular formula is C27H28F3N7O. The summed E-state index contributed by atoms with van der Waals surface area (Å²) >= 11 is 0. The zero-order valence-corrected chi connectivity index (χ0v) is 20.8. The van der Waals surface area contributed by atoms with Gasteiger partial charge >= 0.3 is 0 Å². The van der Waals surface area contributed by atoms with Crippen LogP contribution < -0.4 is 15.5 Å². The van der Waals surface area contributed by atoms with Gasteiger partial charge in [-0.05, 0) is 56.4 Å². The molecular weight excluding hydrogens is 495 g/mol. The number of ether oxygens (including phenoxy) is 1. The second-order valence-corrected chi connectivity index (χ2v) is 9.66. The third-order valence-corrected chi connectivity index (χ3v) is 7.08. The Labute approximate surface area is 217 Å². The van der Waals surface area contributed by atoms with E-state index in [1.165, 1.54) is 24.9 Å². The standard InChI is InChI=1S/C27H28F3N7O/c28-17-14-22(29)24(23(30)15-17)33-25-21-16-31-27(34-26(21)37(35-25)20-8-12-38-13-9-20)32-18-4-6-19(7-5-18)36-10-2-1-3-11-36/h4-7,14-16,20H,1-3,8-13H2,(H,33,35)(H,31,32,34). The molecule has 198 valence electrons. The molecule has 0 saturated carbocycles. The summed E-state index contributed by atoms with van der Waals surface area (Å²) in [5, 5.41) is 11.0. The summed E-state index contributed by atoms with van der Waals surface area (Å²) in [6.07, 6.45) is 6.72. The van der Waals surface area contributed by atoms with Crippen LogP contribution in [0.15, 0.2) is 42.6 Å². The highest BCUT2D eigenvalue weighted by atomic mass is 19.1. The number of nitrogens with zero attached hydrogens (tertiary/aromatic N) is 5. The molecule has 0 unspecified atom stereocenters. The summed E-state index contributed by atoms with van der Waals surface area (Å²) in [4.78, 5) is 11.5. The van der Waals surface area contributed by atoms with Crippen LogP contribution in [0.2, 0.25) is 0 Å². The van der Waals surface area contributed by atoms with Crippen LogP contribution in [-0.2, 0) is 4.74 Å². The Morgan fingerprint density at radius 3 is 2.32 bits per heavy atom. The number of benzene rings is 2. The highest BCUT2D eigenvalue weighted by Crippen LogP contribution is 2.33. The molecule has 2 aliphatic heterocycles. The van der Waals surface area contributed by atoms with E-state index in [0.29, 0.717) is 42.3 Å². The van der Waals surface area contributed by atoms with Crippen LogP contribution in [0.1, 0.15) is 38.1 Å². The molecule has 4 heterocycles. The third kappa shape index (κ3) is 4.98. The van der Waals surface area contributed by atoms with Crippen molar-refractivity contribution in [2.24, 2.45) is 0 Å². The molecule has 6 rings (SSSR count). The van der Waals surface area contributed by atoms with Crippen LogP contribution in [-0.4, -0.2) is 46.1 Å². The Balaban J connectivity index is 1.31. The van der Waals surface area contributed by atoms with Crippen LogP contribution in [0.3, 0.4) is 0 Å².